The van der Waals surface area contributed by atoms with Crippen LogP contribution in [0.3, 0.4) is 0 Å². The molecule has 0 spiro atoms. The van der Waals surface area contributed by atoms with Gasteiger partial charge in [-0.15, -0.1) is 0 Å². The molecule has 0 aliphatic heterocycles. The van der Waals surface area contributed by atoms with Gasteiger partial charge in [0, 0.05) is 23.7 Å². The SMILES string of the molecule is COc1ccc(NC(=O)N(CC(=O)Nc2cc(C(C)(C)C)nn2-c2ccc(C)cc2C)CC(C)C)cc1. The first-order valence-electron chi connectivity index (χ1n) is 12.6. The van der Waals surface area contributed by atoms with Crippen molar-refractivity contribution >= 4 is 23.4 Å². The molecule has 8 heteroatoms. The molecule has 0 aliphatic rings. The summed E-state index contributed by atoms with van der Waals surface area (Å²) in [5.41, 5.74) is 4.39. The van der Waals surface area contributed by atoms with Gasteiger partial charge in [-0.25, -0.2) is 9.48 Å². The number of urea groups is 1. The lowest BCUT2D eigenvalue weighted by atomic mass is 9.92. The van der Waals surface area contributed by atoms with Crippen molar-refractivity contribution in [3.05, 3.63) is 65.4 Å². The Bertz CT molecular complexity index is 1240. The molecule has 0 unspecified atom stereocenters. The molecule has 0 saturated carbocycles. The zero-order chi connectivity index (χ0) is 27.3. The summed E-state index contributed by atoms with van der Waals surface area (Å²) in [7, 11) is 1.59. The van der Waals surface area contributed by atoms with Gasteiger partial charge in [0.2, 0.25) is 5.91 Å². The van der Waals surface area contributed by atoms with E-state index in [1.54, 1.807) is 36.1 Å². The van der Waals surface area contributed by atoms with Gasteiger partial charge in [0.05, 0.1) is 18.5 Å². The summed E-state index contributed by atoms with van der Waals surface area (Å²) in [6.07, 6.45) is 0. The number of methoxy groups -OCH3 is 1. The monoisotopic (exact) mass is 505 g/mol. The van der Waals surface area contributed by atoms with E-state index >= 15 is 0 Å². The predicted octanol–water partition coefficient (Wildman–Crippen LogP) is 5.92. The van der Waals surface area contributed by atoms with Gasteiger partial charge < -0.3 is 20.3 Å². The summed E-state index contributed by atoms with van der Waals surface area (Å²) >= 11 is 0. The van der Waals surface area contributed by atoms with Crippen LogP contribution >= 0.6 is 0 Å². The third-order valence-corrected chi connectivity index (χ3v) is 5.87. The van der Waals surface area contributed by atoms with Crippen LogP contribution in [0.4, 0.5) is 16.3 Å². The average molecular weight is 506 g/mol. The van der Waals surface area contributed by atoms with E-state index in [0.717, 1.165) is 22.5 Å². The topological polar surface area (TPSA) is 88.5 Å². The molecular weight excluding hydrogens is 466 g/mol. The minimum atomic E-state index is -0.340. The Kier molecular flexibility index (Phi) is 8.63. The number of nitrogens with zero attached hydrogens (tertiary/aromatic N) is 3. The van der Waals surface area contributed by atoms with Crippen LogP contribution in [0, 0.1) is 19.8 Å². The van der Waals surface area contributed by atoms with E-state index in [1.807, 2.05) is 45.9 Å². The first-order chi connectivity index (χ1) is 17.4. The molecule has 3 rings (SSSR count). The molecule has 2 N–H and O–H groups in total. The Morgan fingerprint density at radius 3 is 2.27 bits per heavy atom. The first-order valence-corrected chi connectivity index (χ1v) is 12.6. The van der Waals surface area contributed by atoms with Crippen LogP contribution in [0.2, 0.25) is 0 Å². The maximum atomic E-state index is 13.2. The molecule has 0 saturated heterocycles. The summed E-state index contributed by atoms with van der Waals surface area (Å²) in [6, 6.07) is 14.8. The first kappa shape index (κ1) is 27.8. The van der Waals surface area contributed by atoms with E-state index < -0.39 is 0 Å². The number of carbonyl (C=O) groups excluding carboxylic acids is 2. The van der Waals surface area contributed by atoms with Crippen LogP contribution in [0.1, 0.15) is 51.4 Å². The standard InChI is InChI=1S/C29H39N5O3/c1-19(2)17-33(28(36)30-22-10-12-23(37-8)13-11-22)18-27(35)31-26-16-25(29(5,6)7)32-34(26)24-14-9-20(3)15-21(24)4/h9-16,19H,17-18H2,1-8H3,(H,30,36)(H,31,35). The molecule has 198 valence electrons. The fourth-order valence-corrected chi connectivity index (χ4v) is 3.96. The molecule has 1 aromatic heterocycles. The summed E-state index contributed by atoms with van der Waals surface area (Å²) in [5, 5.41) is 10.7. The van der Waals surface area contributed by atoms with E-state index in [-0.39, 0.29) is 29.8 Å². The molecule has 1 heterocycles. The quantitative estimate of drug-likeness (QED) is 0.397. The van der Waals surface area contributed by atoms with Crippen LogP contribution in [0.25, 0.3) is 5.69 Å². The van der Waals surface area contributed by atoms with E-state index in [4.69, 9.17) is 9.84 Å². The number of ether oxygens (including phenoxy) is 1. The van der Waals surface area contributed by atoms with Gasteiger partial charge in [0.15, 0.2) is 0 Å². The molecule has 0 radical (unpaired) electrons. The van der Waals surface area contributed by atoms with Crippen molar-refractivity contribution in [3.8, 4) is 11.4 Å². The summed E-state index contributed by atoms with van der Waals surface area (Å²) < 4.78 is 6.95. The second-order valence-corrected chi connectivity index (χ2v) is 10.8. The lowest BCUT2D eigenvalue weighted by molar-refractivity contribution is -0.116. The number of carbonyl (C=O) groups is 2. The van der Waals surface area contributed by atoms with Crippen molar-refractivity contribution in [1.29, 1.82) is 0 Å². The van der Waals surface area contributed by atoms with Gasteiger partial charge in [-0.2, -0.15) is 5.10 Å². The number of nitrogens with one attached hydrogen (secondary N) is 2. The fraction of sp³-hybridized carbons (Fsp3) is 0.414. The number of amides is 3. The number of benzene rings is 2. The highest BCUT2D eigenvalue weighted by Gasteiger charge is 2.24. The summed E-state index contributed by atoms with van der Waals surface area (Å²) in [4.78, 5) is 27.8. The van der Waals surface area contributed by atoms with Gasteiger partial charge in [0.1, 0.15) is 18.1 Å². The molecule has 2 aromatic carbocycles. The Balaban J connectivity index is 1.83. The van der Waals surface area contributed by atoms with Gasteiger partial charge >= 0.3 is 6.03 Å². The second kappa shape index (κ2) is 11.5. The van der Waals surface area contributed by atoms with Crippen LogP contribution in [-0.4, -0.2) is 46.8 Å². The fourth-order valence-electron chi connectivity index (χ4n) is 3.96. The number of rotatable bonds is 8. The highest BCUT2D eigenvalue weighted by molar-refractivity contribution is 5.96. The number of anilines is 2. The second-order valence-electron chi connectivity index (χ2n) is 10.8. The maximum Gasteiger partial charge on any atom is 0.322 e. The molecule has 8 nitrogen and oxygen atoms in total. The number of hydrogen-bond donors (Lipinski definition) is 2. The minimum absolute atomic E-state index is 0.0942. The zero-order valence-corrected chi connectivity index (χ0v) is 23.2. The van der Waals surface area contributed by atoms with Crippen molar-refractivity contribution in [2.75, 3.05) is 30.8 Å². The van der Waals surface area contributed by atoms with Crippen LogP contribution < -0.4 is 15.4 Å². The number of aryl methyl sites for hydroxylation is 2. The van der Waals surface area contributed by atoms with E-state index in [2.05, 4.69) is 37.5 Å². The summed E-state index contributed by atoms with van der Waals surface area (Å²) in [5.74, 6) is 1.16. The normalized spacial score (nSPS) is 11.4. The van der Waals surface area contributed by atoms with Crippen LogP contribution in [0.5, 0.6) is 5.75 Å². The third kappa shape index (κ3) is 7.35. The Morgan fingerprint density at radius 2 is 1.70 bits per heavy atom. The molecule has 0 fully saturated rings. The van der Waals surface area contributed by atoms with Gasteiger partial charge in [0.25, 0.3) is 0 Å². The Labute approximate surface area is 220 Å². The predicted molar refractivity (Wildman–Crippen MR) is 149 cm³/mol. The Hall–Kier alpha value is -3.81. The number of hydrogen-bond acceptors (Lipinski definition) is 4. The molecule has 0 atom stereocenters. The third-order valence-electron chi connectivity index (χ3n) is 5.87. The molecule has 37 heavy (non-hydrogen) atoms. The maximum absolute atomic E-state index is 13.2. The lowest BCUT2D eigenvalue weighted by Gasteiger charge is -2.24. The Morgan fingerprint density at radius 1 is 1.03 bits per heavy atom. The summed E-state index contributed by atoms with van der Waals surface area (Å²) in [6.45, 7) is 14.7. The smallest absolute Gasteiger partial charge is 0.322 e. The molecule has 3 aromatic rings. The van der Waals surface area contributed by atoms with Crippen molar-refractivity contribution in [1.82, 2.24) is 14.7 Å². The van der Waals surface area contributed by atoms with Gasteiger partial charge in [-0.1, -0.05) is 52.3 Å². The van der Waals surface area contributed by atoms with Crippen molar-refractivity contribution in [2.24, 2.45) is 5.92 Å². The van der Waals surface area contributed by atoms with E-state index in [9.17, 15) is 9.59 Å². The molecular formula is C29H39N5O3. The van der Waals surface area contributed by atoms with Crippen LogP contribution in [-0.2, 0) is 10.2 Å². The van der Waals surface area contributed by atoms with Crippen molar-refractivity contribution in [2.45, 2.75) is 53.9 Å². The lowest BCUT2D eigenvalue weighted by Crippen LogP contribution is -2.42. The van der Waals surface area contributed by atoms with Crippen molar-refractivity contribution in [3.63, 3.8) is 0 Å². The van der Waals surface area contributed by atoms with Crippen LogP contribution in [0.15, 0.2) is 48.5 Å². The molecule has 0 aliphatic carbocycles. The van der Waals surface area contributed by atoms with E-state index in [0.29, 0.717) is 23.8 Å². The largest absolute Gasteiger partial charge is 0.497 e. The zero-order valence-electron chi connectivity index (χ0n) is 23.2. The van der Waals surface area contributed by atoms with Gasteiger partial charge in [-0.05, 0) is 55.7 Å². The van der Waals surface area contributed by atoms with Crippen molar-refractivity contribution < 1.29 is 14.3 Å². The molecule has 0 bridgehead atoms. The average Bonchev–Trinajstić information content (AvgIpc) is 3.22. The number of aromatic nitrogens is 2. The highest BCUT2D eigenvalue weighted by atomic mass is 16.5. The minimum Gasteiger partial charge on any atom is -0.497 e. The van der Waals surface area contributed by atoms with Gasteiger partial charge in [-0.3, -0.25) is 4.79 Å². The molecule has 3 amide bonds. The highest BCUT2D eigenvalue weighted by Crippen LogP contribution is 2.28. The van der Waals surface area contributed by atoms with E-state index in [1.165, 1.54) is 4.90 Å².